The number of para-hydroxylation sites is 1. The van der Waals surface area contributed by atoms with Crippen LogP contribution in [0, 0.1) is 27.7 Å². The first-order valence-electron chi connectivity index (χ1n) is 9.69. The predicted octanol–water partition coefficient (Wildman–Crippen LogP) is 5.76. The Kier molecular flexibility index (Phi) is 4.42. The Hall–Kier alpha value is -3.14. The monoisotopic (exact) mass is 371 g/mol. The second-order valence-corrected chi connectivity index (χ2v) is 7.51. The van der Waals surface area contributed by atoms with Gasteiger partial charge < -0.3 is 5.32 Å². The zero-order valence-electron chi connectivity index (χ0n) is 17.1. The number of hydrogen-bond donors (Lipinski definition) is 1. The Morgan fingerprint density at radius 2 is 1.71 bits per heavy atom. The number of nitrogens with zero attached hydrogens (tertiary/aromatic N) is 2. The molecule has 4 rings (SSSR count). The topological polar surface area (TPSA) is 46.9 Å². The summed E-state index contributed by atoms with van der Waals surface area (Å²) in [6, 6.07) is 14.7. The number of aromatic nitrogens is 2. The van der Waals surface area contributed by atoms with Crippen LogP contribution in [0.3, 0.4) is 0 Å². The SMILES string of the molecule is CCC(=O)Nc1cc(C)nc2c1c1ccccc1n2-c1c(C)cc(C)cc1C. The van der Waals surface area contributed by atoms with Gasteiger partial charge in [-0.15, -0.1) is 0 Å². The van der Waals surface area contributed by atoms with Gasteiger partial charge in [0.1, 0.15) is 5.65 Å². The molecule has 0 aliphatic rings. The molecule has 2 heterocycles. The molecule has 1 amide bonds. The van der Waals surface area contributed by atoms with Crippen LogP contribution in [0.4, 0.5) is 5.69 Å². The number of amides is 1. The summed E-state index contributed by atoms with van der Waals surface area (Å²) in [5, 5.41) is 5.16. The van der Waals surface area contributed by atoms with Crippen LogP contribution in [0.5, 0.6) is 0 Å². The summed E-state index contributed by atoms with van der Waals surface area (Å²) in [6.07, 6.45) is 0.442. The van der Waals surface area contributed by atoms with Gasteiger partial charge in [0.25, 0.3) is 0 Å². The molecule has 0 atom stereocenters. The van der Waals surface area contributed by atoms with E-state index in [0.717, 1.165) is 39.0 Å². The van der Waals surface area contributed by atoms with Crippen LogP contribution in [0.1, 0.15) is 35.7 Å². The molecular weight excluding hydrogens is 346 g/mol. The van der Waals surface area contributed by atoms with Gasteiger partial charge in [-0.3, -0.25) is 9.36 Å². The van der Waals surface area contributed by atoms with Gasteiger partial charge in [0, 0.05) is 17.5 Å². The first-order chi connectivity index (χ1) is 13.4. The molecule has 4 nitrogen and oxygen atoms in total. The number of carbonyl (C=O) groups excluding carboxylic acids is 1. The van der Waals surface area contributed by atoms with Gasteiger partial charge in [0.15, 0.2) is 0 Å². The third-order valence-electron chi connectivity index (χ3n) is 5.21. The highest BCUT2D eigenvalue weighted by atomic mass is 16.1. The van der Waals surface area contributed by atoms with Gasteiger partial charge in [-0.05, 0) is 51.0 Å². The van der Waals surface area contributed by atoms with E-state index in [2.05, 4.69) is 54.9 Å². The minimum atomic E-state index is 0.00595. The molecule has 28 heavy (non-hydrogen) atoms. The van der Waals surface area contributed by atoms with Crippen LogP contribution >= 0.6 is 0 Å². The Morgan fingerprint density at radius 1 is 1.04 bits per heavy atom. The van der Waals surface area contributed by atoms with E-state index in [1.54, 1.807) is 0 Å². The maximum absolute atomic E-state index is 12.2. The number of benzene rings is 2. The van der Waals surface area contributed by atoms with Gasteiger partial charge >= 0.3 is 0 Å². The molecule has 0 aliphatic carbocycles. The highest BCUT2D eigenvalue weighted by Gasteiger charge is 2.20. The molecule has 2 aromatic heterocycles. The van der Waals surface area contributed by atoms with E-state index in [-0.39, 0.29) is 5.91 Å². The molecule has 0 bridgehead atoms. The number of anilines is 1. The van der Waals surface area contributed by atoms with Gasteiger partial charge in [-0.1, -0.05) is 42.8 Å². The van der Waals surface area contributed by atoms with E-state index >= 15 is 0 Å². The highest BCUT2D eigenvalue weighted by molar-refractivity contribution is 6.16. The number of rotatable bonds is 3. The number of carbonyl (C=O) groups is 1. The van der Waals surface area contributed by atoms with Gasteiger partial charge in [-0.2, -0.15) is 0 Å². The standard InChI is InChI=1S/C24H25N3O/c1-6-21(28)26-19-13-17(5)25-24-22(19)18-9-7-8-10-20(18)27(24)23-15(3)11-14(2)12-16(23)4/h7-13H,6H2,1-5H3,(H,25,26,28). The fourth-order valence-corrected chi connectivity index (χ4v) is 4.17. The lowest BCUT2D eigenvalue weighted by Gasteiger charge is -2.15. The third kappa shape index (κ3) is 2.85. The maximum atomic E-state index is 12.2. The smallest absolute Gasteiger partial charge is 0.224 e. The first-order valence-corrected chi connectivity index (χ1v) is 9.69. The van der Waals surface area contributed by atoms with Crippen molar-refractivity contribution >= 4 is 33.5 Å². The number of hydrogen-bond acceptors (Lipinski definition) is 2. The van der Waals surface area contributed by atoms with Crippen LogP contribution < -0.4 is 5.32 Å². The van der Waals surface area contributed by atoms with Crippen molar-refractivity contribution in [2.24, 2.45) is 0 Å². The Balaban J connectivity index is 2.17. The van der Waals surface area contributed by atoms with Crippen molar-refractivity contribution in [3.05, 3.63) is 64.8 Å². The lowest BCUT2D eigenvalue weighted by Crippen LogP contribution is -2.10. The van der Waals surface area contributed by atoms with Crippen LogP contribution in [-0.2, 0) is 4.79 Å². The second kappa shape index (κ2) is 6.79. The quantitative estimate of drug-likeness (QED) is 0.497. The molecule has 0 aliphatic heterocycles. The summed E-state index contributed by atoms with van der Waals surface area (Å²) < 4.78 is 2.24. The number of nitrogens with one attached hydrogen (secondary N) is 1. The summed E-state index contributed by atoms with van der Waals surface area (Å²) in [4.78, 5) is 17.1. The molecule has 1 N–H and O–H groups in total. The summed E-state index contributed by atoms with van der Waals surface area (Å²) in [5.41, 5.74) is 8.50. The van der Waals surface area contributed by atoms with Crippen molar-refractivity contribution in [3.63, 3.8) is 0 Å². The molecule has 0 fully saturated rings. The Labute approximate surface area is 165 Å². The molecule has 4 aromatic rings. The van der Waals surface area contributed by atoms with Gasteiger partial charge in [0.05, 0.1) is 22.3 Å². The predicted molar refractivity (Wildman–Crippen MR) is 116 cm³/mol. The number of aryl methyl sites for hydroxylation is 4. The highest BCUT2D eigenvalue weighted by Crippen LogP contribution is 2.37. The lowest BCUT2D eigenvalue weighted by molar-refractivity contribution is -0.115. The van der Waals surface area contributed by atoms with Crippen LogP contribution in [-0.4, -0.2) is 15.5 Å². The van der Waals surface area contributed by atoms with Crippen molar-refractivity contribution in [1.82, 2.24) is 9.55 Å². The average Bonchev–Trinajstić information content (AvgIpc) is 2.95. The van der Waals surface area contributed by atoms with Crippen molar-refractivity contribution in [2.75, 3.05) is 5.32 Å². The third-order valence-corrected chi connectivity index (χ3v) is 5.21. The number of fused-ring (bicyclic) bond motifs is 3. The summed E-state index contributed by atoms with van der Waals surface area (Å²) in [7, 11) is 0. The zero-order valence-corrected chi connectivity index (χ0v) is 17.1. The van der Waals surface area contributed by atoms with Crippen molar-refractivity contribution in [2.45, 2.75) is 41.0 Å². The molecule has 142 valence electrons. The minimum Gasteiger partial charge on any atom is -0.325 e. The zero-order chi connectivity index (χ0) is 20.0. The van der Waals surface area contributed by atoms with E-state index in [1.807, 2.05) is 32.0 Å². The largest absolute Gasteiger partial charge is 0.325 e. The molecule has 2 aromatic carbocycles. The van der Waals surface area contributed by atoms with Gasteiger partial charge in [0.2, 0.25) is 5.91 Å². The first kappa shape index (κ1) is 18.2. The molecule has 0 unspecified atom stereocenters. The molecule has 4 heteroatoms. The average molecular weight is 371 g/mol. The normalized spacial score (nSPS) is 11.3. The van der Waals surface area contributed by atoms with Gasteiger partial charge in [-0.25, -0.2) is 4.98 Å². The minimum absolute atomic E-state index is 0.00595. The molecule has 0 spiro atoms. The van der Waals surface area contributed by atoms with Crippen LogP contribution in [0.15, 0.2) is 42.5 Å². The summed E-state index contributed by atoms with van der Waals surface area (Å²) in [5.74, 6) is 0.00595. The summed E-state index contributed by atoms with van der Waals surface area (Å²) >= 11 is 0. The fraction of sp³-hybridized carbons (Fsp3) is 0.250. The van der Waals surface area contributed by atoms with E-state index in [0.29, 0.717) is 6.42 Å². The molecule has 0 saturated carbocycles. The Bertz CT molecular complexity index is 1210. The fourth-order valence-electron chi connectivity index (χ4n) is 4.17. The van der Waals surface area contributed by atoms with Crippen molar-refractivity contribution in [1.29, 1.82) is 0 Å². The van der Waals surface area contributed by atoms with E-state index < -0.39 is 0 Å². The van der Waals surface area contributed by atoms with E-state index in [4.69, 9.17) is 4.98 Å². The Morgan fingerprint density at radius 3 is 2.39 bits per heavy atom. The lowest BCUT2D eigenvalue weighted by atomic mass is 10.0. The molecular formula is C24H25N3O. The maximum Gasteiger partial charge on any atom is 0.224 e. The van der Waals surface area contributed by atoms with Crippen molar-refractivity contribution in [3.8, 4) is 5.69 Å². The van der Waals surface area contributed by atoms with E-state index in [9.17, 15) is 4.79 Å². The van der Waals surface area contributed by atoms with Crippen molar-refractivity contribution < 1.29 is 4.79 Å². The van der Waals surface area contributed by atoms with Crippen LogP contribution in [0.2, 0.25) is 0 Å². The number of pyridine rings is 1. The molecule has 0 radical (unpaired) electrons. The summed E-state index contributed by atoms with van der Waals surface area (Å²) in [6.45, 7) is 10.2. The second-order valence-electron chi connectivity index (χ2n) is 7.51. The van der Waals surface area contributed by atoms with E-state index in [1.165, 1.54) is 16.7 Å². The molecule has 0 saturated heterocycles. The van der Waals surface area contributed by atoms with Crippen LogP contribution in [0.25, 0.3) is 27.6 Å².